The van der Waals surface area contributed by atoms with E-state index in [1.165, 1.54) is 0 Å². The fourth-order valence-electron chi connectivity index (χ4n) is 1.19. The van der Waals surface area contributed by atoms with Crippen LogP contribution in [0.4, 0.5) is 23.7 Å². The fourth-order valence-corrected chi connectivity index (χ4v) is 1.19. The van der Waals surface area contributed by atoms with Gasteiger partial charge in [0.2, 0.25) is 0 Å². The van der Waals surface area contributed by atoms with Crippen molar-refractivity contribution in [3.05, 3.63) is 29.6 Å². The highest BCUT2D eigenvalue weighted by Gasteiger charge is 2.14. The number of ether oxygens (including phenoxy) is 1. The summed E-state index contributed by atoms with van der Waals surface area (Å²) < 4.78 is 43.3. The zero-order valence-corrected chi connectivity index (χ0v) is 10.1. The highest BCUT2D eigenvalue weighted by atomic mass is 19.2. The molecule has 1 aromatic carbocycles. The molecule has 20 heavy (non-hydrogen) atoms. The van der Waals surface area contributed by atoms with E-state index in [1.54, 1.807) is 0 Å². The molecule has 110 valence electrons. The molecule has 0 aliphatic carbocycles. The number of halogens is 3. The Balaban J connectivity index is 2.39. The zero-order valence-electron chi connectivity index (χ0n) is 10.1. The first kappa shape index (κ1) is 15.8. The standard InChI is InChI=1S/C11H11F3N2O4/c12-6-1-2-7(10(14)9(6)13)16-11(19)15-3-4-20-5-8(17)18/h1-2H,3-5H2,(H,17,18)(H2,15,16,19). The summed E-state index contributed by atoms with van der Waals surface area (Å²) in [4.78, 5) is 21.4. The van der Waals surface area contributed by atoms with Crippen molar-refractivity contribution in [2.45, 2.75) is 0 Å². The van der Waals surface area contributed by atoms with E-state index < -0.39 is 41.7 Å². The molecular formula is C11H11F3N2O4. The number of urea groups is 1. The topological polar surface area (TPSA) is 87.7 Å². The molecule has 0 atom stereocenters. The summed E-state index contributed by atoms with van der Waals surface area (Å²) in [6, 6.07) is 0.673. The number of carboxylic acid groups (broad SMARTS) is 1. The Morgan fingerprint density at radius 1 is 1.20 bits per heavy atom. The molecule has 6 nitrogen and oxygen atoms in total. The van der Waals surface area contributed by atoms with Crippen LogP contribution in [0.25, 0.3) is 0 Å². The summed E-state index contributed by atoms with van der Waals surface area (Å²) in [5.41, 5.74) is -0.521. The average molecular weight is 292 g/mol. The van der Waals surface area contributed by atoms with Crippen LogP contribution >= 0.6 is 0 Å². The Hall–Kier alpha value is -2.29. The number of hydrogen-bond donors (Lipinski definition) is 3. The molecule has 0 heterocycles. The summed E-state index contributed by atoms with van der Waals surface area (Å²) in [6.07, 6.45) is 0. The van der Waals surface area contributed by atoms with E-state index in [4.69, 9.17) is 5.11 Å². The van der Waals surface area contributed by atoms with Crippen molar-refractivity contribution in [3.63, 3.8) is 0 Å². The van der Waals surface area contributed by atoms with Crippen molar-refractivity contribution in [2.75, 3.05) is 25.1 Å². The van der Waals surface area contributed by atoms with Crippen molar-refractivity contribution in [1.29, 1.82) is 0 Å². The summed E-state index contributed by atoms with van der Waals surface area (Å²) in [7, 11) is 0. The van der Waals surface area contributed by atoms with Gasteiger partial charge in [0.05, 0.1) is 12.3 Å². The molecule has 0 aromatic heterocycles. The highest BCUT2D eigenvalue weighted by Crippen LogP contribution is 2.19. The van der Waals surface area contributed by atoms with Crippen molar-refractivity contribution >= 4 is 17.7 Å². The van der Waals surface area contributed by atoms with E-state index in [0.717, 1.165) is 6.07 Å². The lowest BCUT2D eigenvalue weighted by Gasteiger charge is -2.09. The average Bonchev–Trinajstić information content (AvgIpc) is 2.39. The quantitative estimate of drug-likeness (QED) is 0.545. The lowest BCUT2D eigenvalue weighted by Crippen LogP contribution is -2.32. The minimum atomic E-state index is -1.69. The first-order chi connectivity index (χ1) is 9.41. The number of amides is 2. The smallest absolute Gasteiger partial charge is 0.329 e. The number of carbonyl (C=O) groups excluding carboxylic acids is 1. The fraction of sp³-hybridized carbons (Fsp3) is 0.273. The molecule has 0 aliphatic rings. The molecule has 9 heteroatoms. The van der Waals surface area contributed by atoms with E-state index in [0.29, 0.717) is 6.07 Å². The number of benzene rings is 1. The van der Waals surface area contributed by atoms with Crippen LogP contribution in [0.15, 0.2) is 12.1 Å². The largest absolute Gasteiger partial charge is 0.480 e. The number of hydrogen-bond acceptors (Lipinski definition) is 3. The third kappa shape index (κ3) is 4.76. The second-order valence-corrected chi connectivity index (χ2v) is 3.55. The molecule has 0 spiro atoms. The van der Waals surface area contributed by atoms with Gasteiger partial charge in [0, 0.05) is 6.54 Å². The number of carboxylic acids is 1. The van der Waals surface area contributed by atoms with Crippen LogP contribution < -0.4 is 10.6 Å². The third-order valence-corrected chi connectivity index (χ3v) is 2.04. The van der Waals surface area contributed by atoms with Crippen LogP contribution in [0.3, 0.4) is 0 Å². The predicted molar refractivity (Wildman–Crippen MR) is 61.8 cm³/mol. The Labute approximate surface area is 111 Å². The van der Waals surface area contributed by atoms with Gasteiger partial charge in [-0.1, -0.05) is 0 Å². The molecule has 0 fully saturated rings. The Kier molecular flexibility index (Phi) is 5.78. The van der Waals surface area contributed by atoms with Gasteiger partial charge in [-0.2, -0.15) is 0 Å². The Morgan fingerprint density at radius 2 is 1.90 bits per heavy atom. The molecule has 1 aromatic rings. The molecule has 2 amide bonds. The summed E-state index contributed by atoms with van der Waals surface area (Å²) in [5, 5.41) is 12.5. The minimum Gasteiger partial charge on any atom is -0.480 e. The van der Waals surface area contributed by atoms with Crippen molar-refractivity contribution in [2.24, 2.45) is 0 Å². The molecule has 1 rings (SSSR count). The van der Waals surface area contributed by atoms with Crippen LogP contribution in [0, 0.1) is 17.5 Å². The molecule has 0 saturated heterocycles. The van der Waals surface area contributed by atoms with Crippen molar-refractivity contribution < 1.29 is 32.6 Å². The van der Waals surface area contributed by atoms with E-state index in [9.17, 15) is 22.8 Å². The SMILES string of the molecule is O=C(O)COCCNC(=O)Nc1ccc(F)c(F)c1F. The van der Waals surface area contributed by atoms with Gasteiger partial charge in [0.1, 0.15) is 6.61 Å². The normalized spacial score (nSPS) is 10.2. The summed E-state index contributed by atoms with van der Waals surface area (Å²) in [5.74, 6) is -5.72. The highest BCUT2D eigenvalue weighted by molar-refractivity contribution is 5.89. The van der Waals surface area contributed by atoms with Crippen LogP contribution in [0.2, 0.25) is 0 Å². The number of aliphatic carboxylic acids is 1. The third-order valence-electron chi connectivity index (χ3n) is 2.04. The minimum absolute atomic E-state index is 0.0373. The molecule has 3 N–H and O–H groups in total. The van der Waals surface area contributed by atoms with Gasteiger partial charge in [-0.25, -0.2) is 22.8 Å². The van der Waals surface area contributed by atoms with Gasteiger partial charge < -0.3 is 20.5 Å². The van der Waals surface area contributed by atoms with Gasteiger partial charge in [0.25, 0.3) is 0 Å². The molecule has 0 radical (unpaired) electrons. The summed E-state index contributed by atoms with van der Waals surface area (Å²) >= 11 is 0. The molecular weight excluding hydrogens is 281 g/mol. The van der Waals surface area contributed by atoms with Gasteiger partial charge in [-0.15, -0.1) is 0 Å². The Morgan fingerprint density at radius 3 is 2.55 bits per heavy atom. The lowest BCUT2D eigenvalue weighted by atomic mass is 10.3. The first-order valence-electron chi connectivity index (χ1n) is 5.39. The molecule has 0 aliphatic heterocycles. The van der Waals surface area contributed by atoms with E-state index in [2.05, 4.69) is 10.1 Å². The first-order valence-corrected chi connectivity index (χ1v) is 5.39. The van der Waals surface area contributed by atoms with Gasteiger partial charge >= 0.3 is 12.0 Å². The second-order valence-electron chi connectivity index (χ2n) is 3.55. The number of anilines is 1. The van der Waals surface area contributed by atoms with E-state index >= 15 is 0 Å². The van der Waals surface area contributed by atoms with Crippen LogP contribution in [0.1, 0.15) is 0 Å². The lowest BCUT2D eigenvalue weighted by molar-refractivity contribution is -0.142. The van der Waals surface area contributed by atoms with Crippen molar-refractivity contribution in [3.8, 4) is 0 Å². The maximum Gasteiger partial charge on any atom is 0.329 e. The number of rotatable bonds is 6. The van der Waals surface area contributed by atoms with Crippen LogP contribution in [-0.4, -0.2) is 36.9 Å². The van der Waals surface area contributed by atoms with E-state index in [1.807, 2.05) is 5.32 Å². The summed E-state index contributed by atoms with van der Waals surface area (Å²) in [6.45, 7) is -0.620. The number of carbonyl (C=O) groups is 2. The molecule has 0 unspecified atom stereocenters. The Bertz CT molecular complexity index is 511. The second kappa shape index (κ2) is 7.34. The van der Waals surface area contributed by atoms with Crippen molar-refractivity contribution in [1.82, 2.24) is 5.32 Å². The number of nitrogens with one attached hydrogen (secondary N) is 2. The maximum atomic E-state index is 13.2. The maximum absolute atomic E-state index is 13.2. The van der Waals surface area contributed by atoms with E-state index in [-0.39, 0.29) is 13.2 Å². The van der Waals surface area contributed by atoms with Crippen LogP contribution in [-0.2, 0) is 9.53 Å². The predicted octanol–water partition coefficient (Wildman–Crippen LogP) is 1.33. The van der Waals surface area contributed by atoms with Gasteiger partial charge in [0.15, 0.2) is 17.5 Å². The monoisotopic (exact) mass is 292 g/mol. The zero-order chi connectivity index (χ0) is 15.1. The molecule has 0 saturated carbocycles. The molecule has 0 bridgehead atoms. The van der Waals surface area contributed by atoms with Gasteiger partial charge in [-0.05, 0) is 12.1 Å². The van der Waals surface area contributed by atoms with Gasteiger partial charge in [-0.3, -0.25) is 0 Å². The van der Waals surface area contributed by atoms with Crippen LogP contribution in [0.5, 0.6) is 0 Å².